The van der Waals surface area contributed by atoms with Gasteiger partial charge in [0.1, 0.15) is 0 Å². The van der Waals surface area contributed by atoms with Crippen LogP contribution in [0.2, 0.25) is 0 Å². The van der Waals surface area contributed by atoms with Crippen LogP contribution in [-0.2, 0) is 13.0 Å². The number of carbonyl (C=O) groups excluding carboxylic acids is 2. The van der Waals surface area contributed by atoms with Gasteiger partial charge in [0.05, 0.1) is 0 Å². The van der Waals surface area contributed by atoms with Crippen molar-refractivity contribution in [1.29, 1.82) is 0 Å². The fourth-order valence-electron chi connectivity index (χ4n) is 3.55. The molecule has 0 bridgehead atoms. The molecular weight excluding hydrogens is 348 g/mol. The number of nitrogens with zero attached hydrogens (tertiary/aromatic N) is 1. The Morgan fingerprint density at radius 3 is 2.50 bits per heavy atom. The van der Waals surface area contributed by atoms with Crippen molar-refractivity contribution in [3.8, 4) is 0 Å². The Labute approximate surface area is 164 Å². The number of aryl methyl sites for hydroxylation is 1. The summed E-state index contributed by atoms with van der Waals surface area (Å²) in [7, 11) is 0. The quantitative estimate of drug-likeness (QED) is 0.751. The molecule has 0 saturated heterocycles. The third kappa shape index (κ3) is 3.67. The zero-order valence-corrected chi connectivity index (χ0v) is 15.8. The summed E-state index contributed by atoms with van der Waals surface area (Å²) in [6, 6.07) is 22.9. The standard InChI is InChI=1S/C24H22N2O2/c1-17-6-5-9-21(14-17)24(28)26-13-12-19-11-10-18(15-22(19)26)16-25-23(27)20-7-3-2-4-8-20/h2-11,14-15H,12-13,16H2,1H3,(H,25,27). The molecule has 4 rings (SSSR count). The lowest BCUT2D eigenvalue weighted by molar-refractivity contribution is 0.0949. The molecule has 0 aromatic heterocycles. The molecule has 4 heteroatoms. The highest BCUT2D eigenvalue weighted by Crippen LogP contribution is 2.30. The van der Waals surface area contributed by atoms with E-state index < -0.39 is 0 Å². The normalized spacial score (nSPS) is 12.5. The molecule has 2 amide bonds. The molecule has 0 aliphatic carbocycles. The molecule has 0 fully saturated rings. The number of benzene rings is 3. The first-order valence-corrected chi connectivity index (χ1v) is 9.45. The summed E-state index contributed by atoms with van der Waals surface area (Å²) in [6.07, 6.45) is 0.851. The van der Waals surface area contributed by atoms with Crippen LogP contribution < -0.4 is 10.2 Å². The molecule has 0 spiro atoms. The number of carbonyl (C=O) groups is 2. The Kier molecular flexibility index (Phi) is 4.94. The first-order chi connectivity index (χ1) is 13.6. The van der Waals surface area contributed by atoms with E-state index in [0.29, 0.717) is 24.2 Å². The van der Waals surface area contributed by atoms with Gasteiger partial charge < -0.3 is 10.2 Å². The van der Waals surface area contributed by atoms with Crippen molar-refractivity contribution < 1.29 is 9.59 Å². The maximum absolute atomic E-state index is 13.0. The van der Waals surface area contributed by atoms with Crippen LogP contribution in [0.1, 0.15) is 37.4 Å². The van der Waals surface area contributed by atoms with Crippen molar-refractivity contribution in [2.75, 3.05) is 11.4 Å². The Bertz CT molecular complexity index is 1030. The van der Waals surface area contributed by atoms with Gasteiger partial charge in [0.2, 0.25) is 0 Å². The summed E-state index contributed by atoms with van der Waals surface area (Å²) in [6.45, 7) is 3.09. The summed E-state index contributed by atoms with van der Waals surface area (Å²) >= 11 is 0. The Morgan fingerprint density at radius 1 is 0.929 bits per heavy atom. The highest BCUT2D eigenvalue weighted by molar-refractivity contribution is 6.07. The van der Waals surface area contributed by atoms with E-state index in [0.717, 1.165) is 23.2 Å². The van der Waals surface area contributed by atoms with E-state index in [9.17, 15) is 9.59 Å². The molecule has 4 nitrogen and oxygen atoms in total. The molecule has 140 valence electrons. The number of nitrogens with one attached hydrogen (secondary N) is 1. The second-order valence-electron chi connectivity index (χ2n) is 7.09. The summed E-state index contributed by atoms with van der Waals surface area (Å²) in [4.78, 5) is 27.1. The largest absolute Gasteiger partial charge is 0.348 e. The lowest BCUT2D eigenvalue weighted by Crippen LogP contribution is -2.29. The van der Waals surface area contributed by atoms with Gasteiger partial charge in [0, 0.05) is 29.9 Å². The van der Waals surface area contributed by atoms with E-state index >= 15 is 0 Å². The van der Waals surface area contributed by atoms with Gasteiger partial charge in [-0.05, 0) is 54.8 Å². The number of amides is 2. The minimum Gasteiger partial charge on any atom is -0.348 e. The number of hydrogen-bond donors (Lipinski definition) is 1. The van der Waals surface area contributed by atoms with Crippen LogP contribution in [-0.4, -0.2) is 18.4 Å². The first kappa shape index (κ1) is 18.0. The lowest BCUT2D eigenvalue weighted by atomic mass is 10.1. The molecule has 3 aromatic carbocycles. The molecule has 0 radical (unpaired) electrons. The molecule has 3 aromatic rings. The number of hydrogen-bond acceptors (Lipinski definition) is 2. The molecule has 0 atom stereocenters. The predicted molar refractivity (Wildman–Crippen MR) is 111 cm³/mol. The van der Waals surface area contributed by atoms with Gasteiger partial charge in [-0.2, -0.15) is 0 Å². The van der Waals surface area contributed by atoms with Crippen molar-refractivity contribution >= 4 is 17.5 Å². The van der Waals surface area contributed by atoms with Crippen LogP contribution in [0.4, 0.5) is 5.69 Å². The number of rotatable bonds is 4. The monoisotopic (exact) mass is 370 g/mol. The van der Waals surface area contributed by atoms with Crippen molar-refractivity contribution in [2.45, 2.75) is 19.9 Å². The van der Waals surface area contributed by atoms with Crippen LogP contribution in [0.25, 0.3) is 0 Å². The van der Waals surface area contributed by atoms with Gasteiger partial charge in [0.15, 0.2) is 0 Å². The van der Waals surface area contributed by atoms with Crippen LogP contribution in [0, 0.1) is 6.92 Å². The van der Waals surface area contributed by atoms with Crippen LogP contribution >= 0.6 is 0 Å². The van der Waals surface area contributed by atoms with Crippen LogP contribution in [0.5, 0.6) is 0 Å². The summed E-state index contributed by atoms with van der Waals surface area (Å²) in [5, 5.41) is 2.95. The maximum Gasteiger partial charge on any atom is 0.258 e. The molecule has 0 unspecified atom stereocenters. The fraction of sp³-hybridized carbons (Fsp3) is 0.167. The average Bonchev–Trinajstić information content (AvgIpc) is 3.15. The minimum absolute atomic E-state index is 0.0212. The molecule has 28 heavy (non-hydrogen) atoms. The molecule has 0 saturated carbocycles. The van der Waals surface area contributed by atoms with Crippen molar-refractivity contribution in [1.82, 2.24) is 5.32 Å². The SMILES string of the molecule is Cc1cccc(C(=O)N2CCc3ccc(CNC(=O)c4ccccc4)cc32)c1. The van der Waals surface area contributed by atoms with Crippen LogP contribution in [0.15, 0.2) is 72.8 Å². The zero-order chi connectivity index (χ0) is 19.5. The highest BCUT2D eigenvalue weighted by atomic mass is 16.2. The number of fused-ring (bicyclic) bond motifs is 1. The van der Waals surface area contributed by atoms with E-state index in [1.165, 1.54) is 5.56 Å². The second kappa shape index (κ2) is 7.69. The summed E-state index contributed by atoms with van der Waals surface area (Å²) in [5.74, 6) is -0.0817. The summed E-state index contributed by atoms with van der Waals surface area (Å²) in [5.41, 5.74) is 5.50. The minimum atomic E-state index is -0.103. The Morgan fingerprint density at radius 2 is 1.71 bits per heavy atom. The molecule has 1 N–H and O–H groups in total. The first-order valence-electron chi connectivity index (χ1n) is 9.45. The smallest absolute Gasteiger partial charge is 0.258 e. The predicted octanol–water partition coefficient (Wildman–Crippen LogP) is 4.13. The van der Waals surface area contributed by atoms with Gasteiger partial charge >= 0.3 is 0 Å². The molecular formula is C24H22N2O2. The van der Waals surface area contributed by atoms with Crippen LogP contribution in [0.3, 0.4) is 0 Å². The van der Waals surface area contributed by atoms with Gasteiger partial charge in [-0.3, -0.25) is 9.59 Å². The van der Waals surface area contributed by atoms with Crippen molar-refractivity contribution in [3.63, 3.8) is 0 Å². The molecule has 1 heterocycles. The van der Waals surface area contributed by atoms with Crippen molar-refractivity contribution in [3.05, 3.63) is 101 Å². The van der Waals surface area contributed by atoms with E-state index in [-0.39, 0.29) is 11.8 Å². The van der Waals surface area contributed by atoms with Gasteiger partial charge in [-0.1, -0.05) is 48.0 Å². The third-order valence-electron chi connectivity index (χ3n) is 5.04. The lowest BCUT2D eigenvalue weighted by Gasteiger charge is -2.18. The average molecular weight is 370 g/mol. The fourth-order valence-corrected chi connectivity index (χ4v) is 3.55. The highest BCUT2D eigenvalue weighted by Gasteiger charge is 2.25. The van der Waals surface area contributed by atoms with E-state index in [4.69, 9.17) is 0 Å². The topological polar surface area (TPSA) is 49.4 Å². The van der Waals surface area contributed by atoms with E-state index in [1.54, 1.807) is 12.1 Å². The van der Waals surface area contributed by atoms with Crippen molar-refractivity contribution in [2.24, 2.45) is 0 Å². The zero-order valence-electron chi connectivity index (χ0n) is 15.8. The third-order valence-corrected chi connectivity index (χ3v) is 5.04. The van der Waals surface area contributed by atoms with Gasteiger partial charge in [0.25, 0.3) is 11.8 Å². The Hall–Kier alpha value is -3.40. The summed E-state index contributed by atoms with van der Waals surface area (Å²) < 4.78 is 0. The van der Waals surface area contributed by atoms with Gasteiger partial charge in [-0.15, -0.1) is 0 Å². The van der Waals surface area contributed by atoms with E-state index in [2.05, 4.69) is 11.4 Å². The second-order valence-corrected chi connectivity index (χ2v) is 7.09. The Balaban J connectivity index is 1.50. The maximum atomic E-state index is 13.0. The van der Waals surface area contributed by atoms with E-state index in [1.807, 2.05) is 66.4 Å². The molecule has 1 aliphatic heterocycles. The van der Waals surface area contributed by atoms with Gasteiger partial charge in [-0.25, -0.2) is 0 Å². The molecule has 1 aliphatic rings. The number of anilines is 1.